The van der Waals surface area contributed by atoms with Crippen LogP contribution in [0.1, 0.15) is 31.1 Å². The molecule has 0 aromatic heterocycles. The van der Waals surface area contributed by atoms with E-state index in [0.29, 0.717) is 0 Å². The first-order valence-corrected chi connectivity index (χ1v) is 11.5. The lowest BCUT2D eigenvalue weighted by Crippen LogP contribution is -2.14. The van der Waals surface area contributed by atoms with E-state index in [1.807, 2.05) is 0 Å². The standard InChI is InChI=1S/C27H15Cl3O6/c28-20-10-4-1-7-17(20)25(31)34-16-13-14-23(35-26(32)18-8-2-5-11-21(18)29)24(15-16)36-27(33)19-9-3-6-12-22(19)30/h1-15H. The SMILES string of the molecule is O=C(Oc1ccc(OC(=O)c2ccccc2Cl)c(OC(=O)c2ccccc2Cl)c1)c1ccccc1Cl. The summed E-state index contributed by atoms with van der Waals surface area (Å²) in [6.45, 7) is 0. The van der Waals surface area contributed by atoms with Crippen molar-refractivity contribution in [3.63, 3.8) is 0 Å². The summed E-state index contributed by atoms with van der Waals surface area (Å²) in [5.41, 5.74) is 0.334. The number of carbonyl (C=O) groups excluding carboxylic acids is 3. The van der Waals surface area contributed by atoms with E-state index in [9.17, 15) is 14.4 Å². The van der Waals surface area contributed by atoms with Crippen LogP contribution in [0.3, 0.4) is 0 Å². The molecule has 0 radical (unpaired) electrons. The van der Waals surface area contributed by atoms with Gasteiger partial charge < -0.3 is 14.2 Å². The molecule has 0 heterocycles. The first-order valence-electron chi connectivity index (χ1n) is 10.4. The minimum atomic E-state index is -0.815. The molecule has 9 heteroatoms. The van der Waals surface area contributed by atoms with Crippen molar-refractivity contribution in [2.45, 2.75) is 0 Å². The van der Waals surface area contributed by atoms with Crippen molar-refractivity contribution in [1.82, 2.24) is 0 Å². The Morgan fingerprint density at radius 2 is 0.861 bits per heavy atom. The maximum Gasteiger partial charge on any atom is 0.345 e. The van der Waals surface area contributed by atoms with Crippen molar-refractivity contribution >= 4 is 52.7 Å². The summed E-state index contributed by atoms with van der Waals surface area (Å²) in [7, 11) is 0. The Morgan fingerprint density at radius 3 is 1.31 bits per heavy atom. The summed E-state index contributed by atoms with van der Waals surface area (Å²) in [5.74, 6) is -2.62. The number of halogens is 3. The number of esters is 3. The Hall–Kier alpha value is -3.84. The number of carbonyl (C=O) groups is 3. The smallest absolute Gasteiger partial charge is 0.345 e. The van der Waals surface area contributed by atoms with Gasteiger partial charge in [0.05, 0.1) is 31.8 Å². The second-order valence-electron chi connectivity index (χ2n) is 7.22. The van der Waals surface area contributed by atoms with Gasteiger partial charge in [0.1, 0.15) is 5.75 Å². The van der Waals surface area contributed by atoms with Crippen LogP contribution in [-0.2, 0) is 0 Å². The fourth-order valence-corrected chi connectivity index (χ4v) is 3.71. The van der Waals surface area contributed by atoms with Gasteiger partial charge in [-0.3, -0.25) is 0 Å². The van der Waals surface area contributed by atoms with Crippen LogP contribution in [0, 0.1) is 0 Å². The number of benzene rings is 4. The third kappa shape index (κ3) is 5.86. The van der Waals surface area contributed by atoms with Gasteiger partial charge in [-0.15, -0.1) is 0 Å². The number of hydrogen-bond donors (Lipinski definition) is 0. The van der Waals surface area contributed by atoms with Gasteiger partial charge in [-0.1, -0.05) is 71.2 Å². The number of ether oxygens (including phenoxy) is 3. The zero-order valence-electron chi connectivity index (χ0n) is 18.2. The average molecular weight is 542 g/mol. The topological polar surface area (TPSA) is 78.9 Å². The van der Waals surface area contributed by atoms with Gasteiger partial charge in [0.25, 0.3) is 0 Å². The molecule has 0 saturated heterocycles. The fourth-order valence-electron chi connectivity index (χ4n) is 3.07. The van der Waals surface area contributed by atoms with Crippen LogP contribution in [0.4, 0.5) is 0 Å². The monoisotopic (exact) mass is 540 g/mol. The van der Waals surface area contributed by atoms with Crippen LogP contribution < -0.4 is 14.2 Å². The summed E-state index contributed by atoms with van der Waals surface area (Å²) in [6, 6.07) is 22.9. The third-order valence-electron chi connectivity index (χ3n) is 4.81. The molecule has 0 aliphatic carbocycles. The maximum atomic E-state index is 12.8. The molecule has 0 aliphatic heterocycles. The van der Waals surface area contributed by atoms with E-state index >= 15 is 0 Å². The Kier molecular flexibility index (Phi) is 7.90. The second kappa shape index (κ2) is 11.3. The third-order valence-corrected chi connectivity index (χ3v) is 5.80. The summed E-state index contributed by atoms with van der Waals surface area (Å²) >= 11 is 18.3. The quantitative estimate of drug-likeness (QED) is 0.188. The van der Waals surface area contributed by atoms with E-state index < -0.39 is 17.9 Å². The molecule has 0 saturated carbocycles. The molecule has 4 rings (SSSR count). The maximum absolute atomic E-state index is 12.8. The molecule has 0 fully saturated rings. The predicted octanol–water partition coefficient (Wildman–Crippen LogP) is 7.30. The Balaban J connectivity index is 1.66. The molecule has 36 heavy (non-hydrogen) atoms. The molecule has 180 valence electrons. The van der Waals surface area contributed by atoms with Gasteiger partial charge in [-0.2, -0.15) is 0 Å². The zero-order valence-corrected chi connectivity index (χ0v) is 20.5. The molecule has 4 aromatic carbocycles. The van der Waals surface area contributed by atoms with Crippen molar-refractivity contribution in [3.05, 3.63) is 123 Å². The Morgan fingerprint density at radius 1 is 0.472 bits per heavy atom. The lowest BCUT2D eigenvalue weighted by atomic mass is 10.2. The average Bonchev–Trinajstić information content (AvgIpc) is 2.86. The van der Waals surface area contributed by atoms with E-state index in [2.05, 4.69) is 0 Å². The lowest BCUT2D eigenvalue weighted by molar-refractivity contribution is 0.0679. The normalized spacial score (nSPS) is 10.4. The second-order valence-corrected chi connectivity index (χ2v) is 8.44. The van der Waals surface area contributed by atoms with Crippen LogP contribution >= 0.6 is 34.8 Å². The van der Waals surface area contributed by atoms with E-state index in [4.69, 9.17) is 49.0 Å². The highest BCUT2D eigenvalue weighted by Crippen LogP contribution is 2.34. The molecule has 6 nitrogen and oxygen atoms in total. The van der Waals surface area contributed by atoms with E-state index in [0.717, 1.165) is 0 Å². The van der Waals surface area contributed by atoms with Gasteiger partial charge in [0, 0.05) is 6.07 Å². The van der Waals surface area contributed by atoms with Gasteiger partial charge in [0.15, 0.2) is 11.5 Å². The zero-order chi connectivity index (χ0) is 25.7. The van der Waals surface area contributed by atoms with Crippen molar-refractivity contribution in [3.8, 4) is 17.2 Å². The predicted molar refractivity (Wildman–Crippen MR) is 136 cm³/mol. The van der Waals surface area contributed by atoms with Crippen LogP contribution in [0.2, 0.25) is 15.1 Å². The molecule has 0 unspecified atom stereocenters. The van der Waals surface area contributed by atoms with Crippen molar-refractivity contribution in [1.29, 1.82) is 0 Å². The minimum absolute atomic E-state index is 0.0134. The van der Waals surface area contributed by atoms with Crippen LogP contribution in [0.5, 0.6) is 17.2 Å². The van der Waals surface area contributed by atoms with Crippen molar-refractivity contribution < 1.29 is 28.6 Å². The molecular weight excluding hydrogens is 527 g/mol. The highest BCUT2D eigenvalue weighted by atomic mass is 35.5. The highest BCUT2D eigenvalue weighted by Gasteiger charge is 2.21. The number of hydrogen-bond acceptors (Lipinski definition) is 6. The Labute approximate surface area is 220 Å². The van der Waals surface area contributed by atoms with Crippen LogP contribution in [-0.4, -0.2) is 17.9 Å². The fraction of sp³-hybridized carbons (Fsp3) is 0. The van der Waals surface area contributed by atoms with Gasteiger partial charge in [-0.05, 0) is 48.5 Å². The number of rotatable bonds is 6. The molecular formula is C27H15Cl3O6. The largest absolute Gasteiger partial charge is 0.423 e. The van der Waals surface area contributed by atoms with E-state index in [-0.39, 0.29) is 49.0 Å². The minimum Gasteiger partial charge on any atom is -0.423 e. The summed E-state index contributed by atoms with van der Waals surface area (Å²) in [4.78, 5) is 38.1. The molecule has 0 aliphatic rings. The lowest BCUT2D eigenvalue weighted by Gasteiger charge is -2.13. The van der Waals surface area contributed by atoms with Gasteiger partial charge >= 0.3 is 17.9 Å². The van der Waals surface area contributed by atoms with Gasteiger partial charge in [0.2, 0.25) is 0 Å². The molecule has 0 spiro atoms. The molecule has 0 amide bonds. The molecule has 4 aromatic rings. The van der Waals surface area contributed by atoms with Crippen molar-refractivity contribution in [2.24, 2.45) is 0 Å². The van der Waals surface area contributed by atoms with Crippen LogP contribution in [0.15, 0.2) is 91.0 Å². The van der Waals surface area contributed by atoms with E-state index in [1.54, 1.807) is 42.5 Å². The molecule has 0 atom stereocenters. The first-order chi connectivity index (χ1) is 17.3. The first kappa shape index (κ1) is 25.3. The van der Waals surface area contributed by atoms with Crippen LogP contribution in [0.25, 0.3) is 0 Å². The summed E-state index contributed by atoms with van der Waals surface area (Å²) in [5, 5.41) is 0.555. The highest BCUT2D eigenvalue weighted by molar-refractivity contribution is 6.34. The summed E-state index contributed by atoms with van der Waals surface area (Å²) < 4.78 is 16.3. The van der Waals surface area contributed by atoms with Gasteiger partial charge in [-0.25, -0.2) is 14.4 Å². The van der Waals surface area contributed by atoms with Crippen molar-refractivity contribution in [2.75, 3.05) is 0 Å². The Bertz CT molecular complexity index is 1470. The summed E-state index contributed by atoms with van der Waals surface area (Å²) in [6.07, 6.45) is 0. The van der Waals surface area contributed by atoms with E-state index in [1.165, 1.54) is 48.5 Å². The molecule has 0 N–H and O–H groups in total. The molecule has 0 bridgehead atoms.